The van der Waals surface area contributed by atoms with E-state index < -0.39 is 6.10 Å². The Kier molecular flexibility index (Phi) is 3.86. The fraction of sp³-hybridized carbons (Fsp3) is 0.538. The smallest absolute Gasteiger partial charge is 0.129 e. The zero-order valence-corrected chi connectivity index (χ0v) is 10.2. The number of methoxy groups -OCH3 is 1. The summed E-state index contributed by atoms with van der Waals surface area (Å²) in [4.78, 5) is 0. The second-order valence-electron chi connectivity index (χ2n) is 4.24. The van der Waals surface area contributed by atoms with Crippen LogP contribution in [0.5, 0.6) is 11.5 Å². The van der Waals surface area contributed by atoms with E-state index in [0.29, 0.717) is 19.0 Å². The van der Waals surface area contributed by atoms with Crippen LogP contribution < -0.4 is 9.47 Å². The van der Waals surface area contributed by atoms with Crippen molar-refractivity contribution in [1.82, 2.24) is 0 Å². The molecule has 0 bridgehead atoms. The van der Waals surface area contributed by atoms with Crippen LogP contribution in [0.15, 0.2) is 18.2 Å². The van der Waals surface area contributed by atoms with Gasteiger partial charge in [0.2, 0.25) is 0 Å². The molecule has 1 aliphatic heterocycles. The number of ether oxygens (including phenoxy) is 3. The number of rotatable bonds is 5. The summed E-state index contributed by atoms with van der Waals surface area (Å²) < 4.78 is 16.1. The van der Waals surface area contributed by atoms with Gasteiger partial charge in [-0.15, -0.1) is 0 Å². The Morgan fingerprint density at radius 3 is 3.12 bits per heavy atom. The van der Waals surface area contributed by atoms with Crippen molar-refractivity contribution in [2.45, 2.75) is 25.6 Å². The molecule has 0 aliphatic carbocycles. The number of benzene rings is 1. The van der Waals surface area contributed by atoms with Crippen molar-refractivity contribution in [3.05, 3.63) is 23.8 Å². The number of fused-ring (bicyclic) bond motifs is 1. The summed E-state index contributed by atoms with van der Waals surface area (Å²) in [5.41, 5.74) is 0.835. The molecule has 1 N–H and O–H groups in total. The van der Waals surface area contributed by atoms with E-state index in [1.54, 1.807) is 7.11 Å². The first kappa shape index (κ1) is 12.2. The first-order valence-electron chi connectivity index (χ1n) is 5.81. The van der Waals surface area contributed by atoms with Crippen LogP contribution in [0.2, 0.25) is 0 Å². The highest BCUT2D eigenvalue weighted by Crippen LogP contribution is 2.35. The molecular formula is C13H18O4. The van der Waals surface area contributed by atoms with Gasteiger partial charge in [0.25, 0.3) is 0 Å². The SMILES string of the molecule is COCCC(C)Oc1ccc2c(c1)OCC2O. The molecule has 0 saturated heterocycles. The van der Waals surface area contributed by atoms with Crippen molar-refractivity contribution < 1.29 is 19.3 Å². The second kappa shape index (κ2) is 5.38. The molecular weight excluding hydrogens is 220 g/mol. The molecule has 0 saturated carbocycles. The molecule has 0 aromatic heterocycles. The van der Waals surface area contributed by atoms with E-state index in [2.05, 4.69) is 0 Å². The Bertz CT molecular complexity index is 378. The first-order valence-corrected chi connectivity index (χ1v) is 5.81. The van der Waals surface area contributed by atoms with Gasteiger partial charge in [-0.3, -0.25) is 0 Å². The molecule has 1 aromatic carbocycles. The molecule has 0 radical (unpaired) electrons. The summed E-state index contributed by atoms with van der Waals surface area (Å²) in [7, 11) is 1.68. The summed E-state index contributed by atoms with van der Waals surface area (Å²) >= 11 is 0. The van der Waals surface area contributed by atoms with Crippen molar-refractivity contribution >= 4 is 0 Å². The maximum atomic E-state index is 9.59. The third-order valence-electron chi connectivity index (χ3n) is 2.81. The average molecular weight is 238 g/mol. The standard InChI is InChI=1S/C13H18O4/c1-9(5-6-15-2)17-10-3-4-11-12(14)8-16-13(11)7-10/h3-4,7,9,12,14H,5-6,8H2,1-2H3. The molecule has 0 amide bonds. The highest BCUT2D eigenvalue weighted by atomic mass is 16.5. The van der Waals surface area contributed by atoms with Crippen LogP contribution >= 0.6 is 0 Å². The van der Waals surface area contributed by atoms with Gasteiger partial charge in [-0.2, -0.15) is 0 Å². The van der Waals surface area contributed by atoms with Crippen LogP contribution in [0.1, 0.15) is 25.0 Å². The third-order valence-corrected chi connectivity index (χ3v) is 2.81. The summed E-state index contributed by atoms with van der Waals surface area (Å²) in [6.07, 6.45) is 0.432. The molecule has 4 heteroatoms. The van der Waals surface area contributed by atoms with Crippen LogP contribution in [-0.2, 0) is 4.74 Å². The predicted octanol–water partition coefficient (Wildman–Crippen LogP) is 1.92. The Morgan fingerprint density at radius 2 is 2.35 bits per heavy atom. The van der Waals surface area contributed by atoms with E-state index in [-0.39, 0.29) is 6.10 Å². The highest BCUT2D eigenvalue weighted by Gasteiger charge is 2.22. The summed E-state index contributed by atoms with van der Waals surface area (Å²) in [6.45, 7) is 3.02. The van der Waals surface area contributed by atoms with Crippen LogP contribution in [0.3, 0.4) is 0 Å². The zero-order valence-electron chi connectivity index (χ0n) is 10.2. The molecule has 1 aromatic rings. The molecule has 0 spiro atoms. The lowest BCUT2D eigenvalue weighted by atomic mass is 10.1. The molecule has 2 rings (SSSR count). The van der Waals surface area contributed by atoms with Crippen molar-refractivity contribution in [2.75, 3.05) is 20.3 Å². The fourth-order valence-corrected chi connectivity index (χ4v) is 1.82. The maximum Gasteiger partial charge on any atom is 0.129 e. The number of hydrogen-bond acceptors (Lipinski definition) is 4. The summed E-state index contributed by atoms with van der Waals surface area (Å²) in [5, 5.41) is 9.59. The monoisotopic (exact) mass is 238 g/mol. The topological polar surface area (TPSA) is 47.9 Å². The minimum Gasteiger partial charge on any atom is -0.490 e. The number of aliphatic hydroxyl groups excluding tert-OH is 1. The fourth-order valence-electron chi connectivity index (χ4n) is 1.82. The van der Waals surface area contributed by atoms with Crippen LogP contribution in [0.4, 0.5) is 0 Å². The van der Waals surface area contributed by atoms with Crippen LogP contribution in [0, 0.1) is 0 Å². The van der Waals surface area contributed by atoms with E-state index in [1.807, 2.05) is 25.1 Å². The van der Waals surface area contributed by atoms with Crippen molar-refractivity contribution in [3.8, 4) is 11.5 Å². The summed E-state index contributed by atoms with van der Waals surface area (Å²) in [5.74, 6) is 1.48. The average Bonchev–Trinajstić information content (AvgIpc) is 2.68. The first-order chi connectivity index (χ1) is 8.20. The van der Waals surface area contributed by atoms with Gasteiger partial charge in [-0.05, 0) is 19.1 Å². The lowest BCUT2D eigenvalue weighted by molar-refractivity contribution is 0.134. The van der Waals surface area contributed by atoms with E-state index in [4.69, 9.17) is 14.2 Å². The molecule has 0 fully saturated rings. The lowest BCUT2D eigenvalue weighted by Crippen LogP contribution is -2.14. The normalized spacial score (nSPS) is 19.6. The highest BCUT2D eigenvalue weighted by molar-refractivity contribution is 5.44. The van der Waals surface area contributed by atoms with Gasteiger partial charge in [0.15, 0.2) is 0 Å². The number of hydrogen-bond donors (Lipinski definition) is 1. The van der Waals surface area contributed by atoms with Crippen molar-refractivity contribution in [3.63, 3.8) is 0 Å². The second-order valence-corrected chi connectivity index (χ2v) is 4.24. The minimum absolute atomic E-state index is 0.0966. The van der Waals surface area contributed by atoms with Gasteiger partial charge in [-0.25, -0.2) is 0 Å². The Balaban J connectivity index is 1.98. The zero-order chi connectivity index (χ0) is 12.3. The van der Waals surface area contributed by atoms with Gasteiger partial charge < -0.3 is 19.3 Å². The number of aliphatic hydroxyl groups is 1. The molecule has 4 nitrogen and oxygen atoms in total. The predicted molar refractivity (Wildman–Crippen MR) is 63.5 cm³/mol. The van der Waals surface area contributed by atoms with Crippen molar-refractivity contribution in [1.29, 1.82) is 0 Å². The Hall–Kier alpha value is -1.26. The van der Waals surface area contributed by atoms with Gasteiger partial charge in [0, 0.05) is 31.8 Å². The summed E-state index contributed by atoms with van der Waals surface area (Å²) in [6, 6.07) is 5.54. The molecule has 17 heavy (non-hydrogen) atoms. The molecule has 1 heterocycles. The van der Waals surface area contributed by atoms with Crippen LogP contribution in [-0.4, -0.2) is 31.5 Å². The molecule has 2 atom stereocenters. The van der Waals surface area contributed by atoms with E-state index >= 15 is 0 Å². The quantitative estimate of drug-likeness (QED) is 0.851. The van der Waals surface area contributed by atoms with Gasteiger partial charge in [0.1, 0.15) is 24.2 Å². The lowest BCUT2D eigenvalue weighted by Gasteiger charge is -2.14. The van der Waals surface area contributed by atoms with Crippen molar-refractivity contribution in [2.24, 2.45) is 0 Å². The maximum absolute atomic E-state index is 9.59. The largest absolute Gasteiger partial charge is 0.490 e. The Morgan fingerprint density at radius 1 is 1.53 bits per heavy atom. The van der Waals surface area contributed by atoms with E-state index in [9.17, 15) is 5.11 Å². The van der Waals surface area contributed by atoms with Gasteiger partial charge >= 0.3 is 0 Å². The third kappa shape index (κ3) is 2.90. The molecule has 94 valence electrons. The van der Waals surface area contributed by atoms with Crippen LogP contribution in [0.25, 0.3) is 0 Å². The van der Waals surface area contributed by atoms with E-state index in [1.165, 1.54) is 0 Å². The molecule has 1 aliphatic rings. The molecule has 2 unspecified atom stereocenters. The van der Waals surface area contributed by atoms with Gasteiger partial charge in [-0.1, -0.05) is 0 Å². The Labute approximate surface area is 101 Å². The minimum atomic E-state index is -0.509. The van der Waals surface area contributed by atoms with Gasteiger partial charge in [0.05, 0.1) is 6.10 Å². The van der Waals surface area contributed by atoms with E-state index in [0.717, 1.165) is 17.7 Å².